The van der Waals surface area contributed by atoms with Gasteiger partial charge in [-0.05, 0) is 48.9 Å². The molecular weight excluding hydrogens is 412 g/mol. The molecule has 0 saturated heterocycles. The number of nitrogens with zero attached hydrogens (tertiary/aromatic N) is 2. The van der Waals surface area contributed by atoms with Crippen molar-refractivity contribution in [3.05, 3.63) is 64.6 Å². The number of amides is 1. The molecule has 0 spiro atoms. The Morgan fingerprint density at radius 3 is 2.52 bits per heavy atom. The van der Waals surface area contributed by atoms with Gasteiger partial charge in [-0.25, -0.2) is 4.98 Å². The van der Waals surface area contributed by atoms with Crippen LogP contribution in [-0.4, -0.2) is 24.0 Å². The zero-order valence-electron chi connectivity index (χ0n) is 15.9. The van der Waals surface area contributed by atoms with E-state index in [1.165, 1.54) is 23.3 Å². The lowest BCUT2D eigenvalue weighted by molar-refractivity contribution is -0.134. The molecule has 1 heterocycles. The molecule has 0 aliphatic rings. The van der Waals surface area contributed by atoms with Crippen molar-refractivity contribution in [1.82, 2.24) is 4.98 Å². The maximum absolute atomic E-state index is 13.3. The molecule has 0 radical (unpaired) electrons. The largest absolute Gasteiger partial charge is 0.493 e. The third kappa shape index (κ3) is 4.93. The molecular formula is C21H19ClN2O4S. The fraction of sp³-hybridized carbons (Fsp3) is 0.190. The van der Waals surface area contributed by atoms with Gasteiger partial charge in [-0.3, -0.25) is 14.5 Å². The molecule has 0 fully saturated rings. The highest BCUT2D eigenvalue weighted by Gasteiger charge is 2.23. The number of hydrogen-bond acceptors (Lipinski definition) is 6. The number of anilines is 2. The van der Waals surface area contributed by atoms with Gasteiger partial charge in [-0.1, -0.05) is 18.5 Å². The highest BCUT2D eigenvalue weighted by molar-refractivity contribution is 7.13. The van der Waals surface area contributed by atoms with Gasteiger partial charge >= 0.3 is 5.97 Å². The first-order chi connectivity index (χ1) is 14.0. The third-order valence-corrected chi connectivity index (χ3v) is 5.00. The Bertz CT molecular complexity index is 990. The molecule has 1 aromatic heterocycles. The summed E-state index contributed by atoms with van der Waals surface area (Å²) in [4.78, 5) is 30.9. The average Bonchev–Trinajstić information content (AvgIpc) is 3.24. The van der Waals surface area contributed by atoms with Crippen LogP contribution in [0.4, 0.5) is 10.8 Å². The predicted molar refractivity (Wildman–Crippen MR) is 114 cm³/mol. The minimum Gasteiger partial charge on any atom is -0.493 e. The lowest BCUT2D eigenvalue weighted by Gasteiger charge is -2.21. The Labute approximate surface area is 177 Å². The molecule has 3 aromatic rings. The van der Waals surface area contributed by atoms with Gasteiger partial charge in [-0.2, -0.15) is 0 Å². The second-order valence-electron chi connectivity index (χ2n) is 6.02. The highest BCUT2D eigenvalue weighted by Crippen LogP contribution is 2.33. The fourth-order valence-electron chi connectivity index (χ4n) is 2.62. The van der Waals surface area contributed by atoms with Crippen LogP contribution in [0.1, 0.15) is 30.1 Å². The average molecular weight is 431 g/mol. The van der Waals surface area contributed by atoms with Gasteiger partial charge in [0, 0.05) is 28.6 Å². The topological polar surface area (TPSA) is 68.7 Å². The summed E-state index contributed by atoms with van der Waals surface area (Å²) >= 11 is 7.32. The van der Waals surface area contributed by atoms with E-state index in [0.717, 1.165) is 0 Å². The van der Waals surface area contributed by atoms with Gasteiger partial charge < -0.3 is 9.47 Å². The number of thiazole rings is 1. The number of rotatable bonds is 7. The van der Waals surface area contributed by atoms with E-state index in [4.69, 9.17) is 21.1 Å². The molecule has 0 N–H and O–H groups in total. The van der Waals surface area contributed by atoms with Crippen LogP contribution in [0.2, 0.25) is 5.02 Å². The zero-order chi connectivity index (χ0) is 20.8. The molecule has 0 bridgehead atoms. The number of carbonyl (C=O) groups is 2. The van der Waals surface area contributed by atoms with Crippen molar-refractivity contribution in [3.63, 3.8) is 0 Å². The Morgan fingerprint density at radius 1 is 1.14 bits per heavy atom. The Balaban J connectivity index is 1.95. The molecule has 0 aliphatic carbocycles. The lowest BCUT2D eigenvalue weighted by Crippen LogP contribution is -2.25. The van der Waals surface area contributed by atoms with Crippen LogP contribution in [0.3, 0.4) is 0 Å². The van der Waals surface area contributed by atoms with E-state index in [9.17, 15) is 9.59 Å². The second kappa shape index (κ2) is 9.54. The molecule has 150 valence electrons. The monoisotopic (exact) mass is 430 g/mol. The van der Waals surface area contributed by atoms with Crippen molar-refractivity contribution in [2.45, 2.75) is 19.8 Å². The number of aromatic nitrogens is 1. The van der Waals surface area contributed by atoms with Crippen LogP contribution >= 0.6 is 22.9 Å². The SMILES string of the molecule is CCCC(=O)Oc1ccc(C(=O)N(c2ccc(Cl)cc2)c2nccs2)cc1OC. The van der Waals surface area contributed by atoms with Crippen molar-refractivity contribution in [1.29, 1.82) is 0 Å². The van der Waals surface area contributed by atoms with E-state index in [1.54, 1.807) is 54.0 Å². The summed E-state index contributed by atoms with van der Waals surface area (Å²) in [5, 5.41) is 2.89. The standard InChI is InChI=1S/C21H19ClN2O4S/c1-3-4-19(25)28-17-10-5-14(13-18(17)27-2)20(26)24(21-23-11-12-29-21)16-8-6-15(22)7-9-16/h5-13H,3-4H2,1-2H3. The maximum Gasteiger partial charge on any atom is 0.311 e. The second-order valence-corrected chi connectivity index (χ2v) is 7.33. The fourth-order valence-corrected chi connectivity index (χ4v) is 3.41. The van der Waals surface area contributed by atoms with Gasteiger partial charge in [0.25, 0.3) is 5.91 Å². The van der Waals surface area contributed by atoms with Crippen molar-refractivity contribution in [2.24, 2.45) is 0 Å². The van der Waals surface area contributed by atoms with E-state index in [1.807, 2.05) is 6.92 Å². The predicted octanol–water partition coefficient (Wildman–Crippen LogP) is 5.49. The first-order valence-electron chi connectivity index (χ1n) is 8.91. The Morgan fingerprint density at radius 2 is 1.90 bits per heavy atom. The van der Waals surface area contributed by atoms with E-state index in [0.29, 0.717) is 40.0 Å². The lowest BCUT2D eigenvalue weighted by atomic mass is 10.1. The maximum atomic E-state index is 13.3. The molecule has 0 atom stereocenters. The number of ether oxygens (including phenoxy) is 2. The van der Waals surface area contributed by atoms with E-state index in [2.05, 4.69) is 4.98 Å². The first-order valence-corrected chi connectivity index (χ1v) is 10.2. The van der Waals surface area contributed by atoms with Crippen molar-refractivity contribution in [2.75, 3.05) is 12.0 Å². The molecule has 2 aromatic carbocycles. The normalized spacial score (nSPS) is 10.4. The molecule has 1 amide bonds. The molecule has 6 nitrogen and oxygen atoms in total. The van der Waals surface area contributed by atoms with Crippen LogP contribution < -0.4 is 14.4 Å². The van der Waals surface area contributed by atoms with E-state index < -0.39 is 0 Å². The number of benzene rings is 2. The van der Waals surface area contributed by atoms with Crippen LogP contribution in [0.15, 0.2) is 54.0 Å². The van der Waals surface area contributed by atoms with Crippen LogP contribution in [0.25, 0.3) is 0 Å². The molecule has 0 aliphatic heterocycles. The van der Waals surface area contributed by atoms with Gasteiger partial charge in [0.1, 0.15) is 0 Å². The van der Waals surface area contributed by atoms with Gasteiger partial charge in [0.15, 0.2) is 16.6 Å². The Kier molecular flexibility index (Phi) is 6.85. The molecule has 29 heavy (non-hydrogen) atoms. The summed E-state index contributed by atoms with van der Waals surface area (Å²) in [7, 11) is 1.46. The quantitative estimate of drug-likeness (QED) is 0.366. The summed E-state index contributed by atoms with van der Waals surface area (Å²) in [5.41, 5.74) is 0.994. The van der Waals surface area contributed by atoms with Crippen molar-refractivity contribution >= 4 is 45.6 Å². The summed E-state index contributed by atoms with van der Waals surface area (Å²) in [6.07, 6.45) is 2.62. The summed E-state index contributed by atoms with van der Waals surface area (Å²) in [6.45, 7) is 1.89. The summed E-state index contributed by atoms with van der Waals surface area (Å²) < 4.78 is 10.7. The van der Waals surface area contributed by atoms with Crippen LogP contribution in [0, 0.1) is 0 Å². The number of esters is 1. The Hall–Kier alpha value is -2.90. The number of methoxy groups -OCH3 is 1. The summed E-state index contributed by atoms with van der Waals surface area (Å²) in [6, 6.07) is 11.6. The molecule has 0 unspecified atom stereocenters. The minimum absolute atomic E-state index is 0.273. The van der Waals surface area contributed by atoms with Gasteiger partial charge in [0.2, 0.25) is 0 Å². The number of halogens is 1. The highest BCUT2D eigenvalue weighted by atomic mass is 35.5. The zero-order valence-corrected chi connectivity index (χ0v) is 17.5. The summed E-state index contributed by atoms with van der Waals surface area (Å²) in [5.74, 6) is -0.0762. The molecule has 0 saturated carbocycles. The number of carbonyl (C=O) groups excluding carboxylic acids is 2. The smallest absolute Gasteiger partial charge is 0.311 e. The number of hydrogen-bond donors (Lipinski definition) is 0. The van der Waals surface area contributed by atoms with Crippen molar-refractivity contribution in [3.8, 4) is 11.5 Å². The van der Waals surface area contributed by atoms with Gasteiger partial charge in [0.05, 0.1) is 12.8 Å². The van der Waals surface area contributed by atoms with E-state index in [-0.39, 0.29) is 17.6 Å². The van der Waals surface area contributed by atoms with Crippen LogP contribution in [-0.2, 0) is 4.79 Å². The third-order valence-electron chi connectivity index (χ3n) is 3.99. The van der Waals surface area contributed by atoms with E-state index >= 15 is 0 Å². The minimum atomic E-state index is -0.351. The molecule has 8 heteroatoms. The first kappa shape index (κ1) is 20.8. The van der Waals surface area contributed by atoms with Crippen molar-refractivity contribution < 1.29 is 19.1 Å². The molecule has 3 rings (SSSR count). The van der Waals surface area contributed by atoms with Gasteiger partial charge in [-0.15, -0.1) is 11.3 Å². The van der Waals surface area contributed by atoms with Crippen LogP contribution in [0.5, 0.6) is 11.5 Å².